The molecule has 7 heteroatoms. The van der Waals surface area contributed by atoms with Crippen LogP contribution in [-0.2, 0) is 4.79 Å². The molecule has 3 amide bonds. The summed E-state index contributed by atoms with van der Waals surface area (Å²) in [6.07, 6.45) is 1.61. The lowest BCUT2D eigenvalue weighted by Crippen LogP contribution is -2.49. The number of H-pyrrole nitrogens is 1. The second-order valence-electron chi connectivity index (χ2n) is 4.46. The van der Waals surface area contributed by atoms with Gasteiger partial charge >= 0.3 is 12.0 Å². The van der Waals surface area contributed by atoms with Crippen LogP contribution in [0.2, 0.25) is 0 Å². The van der Waals surface area contributed by atoms with Crippen LogP contribution in [0.5, 0.6) is 0 Å². The molecule has 2 heterocycles. The molecule has 102 valence electrons. The van der Waals surface area contributed by atoms with Gasteiger partial charge in [0.15, 0.2) is 0 Å². The zero-order valence-corrected chi connectivity index (χ0v) is 10.3. The van der Waals surface area contributed by atoms with E-state index in [-0.39, 0.29) is 24.4 Å². The summed E-state index contributed by atoms with van der Waals surface area (Å²) < 4.78 is 0. The number of rotatable bonds is 2. The summed E-state index contributed by atoms with van der Waals surface area (Å²) in [7, 11) is 0. The Morgan fingerprint density at radius 3 is 2.80 bits per heavy atom. The van der Waals surface area contributed by atoms with E-state index < -0.39 is 12.0 Å². The Kier molecular flexibility index (Phi) is 2.67. The summed E-state index contributed by atoms with van der Waals surface area (Å²) in [5.74, 6) is -1.34. The van der Waals surface area contributed by atoms with Crippen molar-refractivity contribution < 1.29 is 19.5 Å². The Morgan fingerprint density at radius 1 is 1.30 bits per heavy atom. The topological polar surface area (TPSA) is 102 Å². The number of carbonyl (C=O) groups is 3. The Morgan fingerprint density at radius 2 is 2.10 bits per heavy atom. The number of aromatic carboxylic acids is 1. The van der Waals surface area contributed by atoms with Crippen molar-refractivity contribution in [2.75, 3.05) is 11.4 Å². The number of para-hydroxylation sites is 1. The molecule has 1 aliphatic rings. The van der Waals surface area contributed by atoms with Crippen LogP contribution in [0, 0.1) is 0 Å². The second-order valence-corrected chi connectivity index (χ2v) is 4.46. The van der Waals surface area contributed by atoms with Gasteiger partial charge in [0.1, 0.15) is 0 Å². The van der Waals surface area contributed by atoms with Crippen LogP contribution < -0.4 is 10.2 Å². The van der Waals surface area contributed by atoms with Gasteiger partial charge in [-0.3, -0.25) is 15.0 Å². The highest BCUT2D eigenvalue weighted by atomic mass is 16.4. The summed E-state index contributed by atoms with van der Waals surface area (Å²) in [5.41, 5.74) is 1.27. The fourth-order valence-corrected chi connectivity index (χ4v) is 2.33. The molecule has 3 rings (SSSR count). The number of fused-ring (bicyclic) bond motifs is 1. The third-order valence-electron chi connectivity index (χ3n) is 3.27. The number of nitrogens with zero attached hydrogens (tertiary/aromatic N) is 1. The van der Waals surface area contributed by atoms with E-state index >= 15 is 0 Å². The molecule has 0 unspecified atom stereocenters. The van der Waals surface area contributed by atoms with E-state index in [1.54, 1.807) is 18.2 Å². The van der Waals surface area contributed by atoms with Gasteiger partial charge in [-0.05, 0) is 6.07 Å². The minimum absolute atomic E-state index is 0.148. The van der Waals surface area contributed by atoms with Gasteiger partial charge in [0, 0.05) is 24.5 Å². The number of hydrogen-bond donors (Lipinski definition) is 3. The molecule has 2 aromatic rings. The molecule has 1 fully saturated rings. The molecule has 20 heavy (non-hydrogen) atoms. The standard InChI is InChI=1S/C13H11N3O4/c17-10-4-5-16(13(20)15-10)9-3-1-2-7-8(12(18)19)6-14-11(7)9/h1-3,6,14H,4-5H2,(H,18,19)(H,15,17,20). The molecular weight excluding hydrogens is 262 g/mol. The molecule has 0 spiro atoms. The summed E-state index contributed by atoms with van der Waals surface area (Å²) in [5, 5.41) is 11.9. The lowest BCUT2D eigenvalue weighted by Gasteiger charge is -2.26. The van der Waals surface area contributed by atoms with Crippen LogP contribution in [0.3, 0.4) is 0 Å². The Balaban J connectivity index is 2.10. The average molecular weight is 273 g/mol. The zero-order chi connectivity index (χ0) is 14.3. The number of anilines is 1. The Bertz CT molecular complexity index is 734. The minimum Gasteiger partial charge on any atom is -0.478 e. The van der Waals surface area contributed by atoms with Gasteiger partial charge in [0.05, 0.1) is 16.8 Å². The van der Waals surface area contributed by atoms with Crippen molar-refractivity contribution in [2.45, 2.75) is 6.42 Å². The SMILES string of the molecule is O=C1CCN(c2cccc3c(C(=O)O)c[nH]c23)C(=O)N1. The molecule has 0 saturated carbocycles. The fraction of sp³-hybridized carbons (Fsp3) is 0.154. The first-order valence-electron chi connectivity index (χ1n) is 6.02. The molecule has 3 N–H and O–H groups in total. The largest absolute Gasteiger partial charge is 0.478 e. The predicted octanol–water partition coefficient (Wildman–Crippen LogP) is 1.31. The monoisotopic (exact) mass is 273 g/mol. The summed E-state index contributed by atoms with van der Waals surface area (Å²) in [4.78, 5) is 38.4. The third kappa shape index (κ3) is 1.80. The van der Waals surface area contributed by atoms with Crippen molar-refractivity contribution in [1.29, 1.82) is 0 Å². The molecule has 0 atom stereocenters. The molecule has 0 bridgehead atoms. The lowest BCUT2D eigenvalue weighted by molar-refractivity contribution is -0.120. The van der Waals surface area contributed by atoms with Gasteiger partial charge in [-0.2, -0.15) is 0 Å². The molecule has 0 aliphatic carbocycles. The Labute approximate surface area is 113 Å². The highest BCUT2D eigenvalue weighted by molar-refractivity contribution is 6.12. The van der Waals surface area contributed by atoms with Crippen molar-refractivity contribution in [1.82, 2.24) is 10.3 Å². The molecule has 0 radical (unpaired) electrons. The zero-order valence-electron chi connectivity index (χ0n) is 10.3. The first-order chi connectivity index (χ1) is 9.58. The van der Waals surface area contributed by atoms with Gasteiger partial charge in [0.2, 0.25) is 5.91 Å². The van der Waals surface area contributed by atoms with Crippen LogP contribution in [0.15, 0.2) is 24.4 Å². The number of benzene rings is 1. The first kappa shape index (κ1) is 12.2. The predicted molar refractivity (Wildman–Crippen MR) is 70.8 cm³/mol. The number of aromatic nitrogens is 1. The number of urea groups is 1. The van der Waals surface area contributed by atoms with E-state index in [1.165, 1.54) is 11.1 Å². The number of amides is 3. The van der Waals surface area contributed by atoms with E-state index in [0.717, 1.165) is 0 Å². The smallest absolute Gasteiger partial charge is 0.337 e. The molecule has 1 aromatic carbocycles. The van der Waals surface area contributed by atoms with E-state index in [9.17, 15) is 14.4 Å². The number of hydrogen-bond acceptors (Lipinski definition) is 3. The summed E-state index contributed by atoms with van der Waals surface area (Å²) in [6, 6.07) is 4.56. The summed E-state index contributed by atoms with van der Waals surface area (Å²) >= 11 is 0. The highest BCUT2D eigenvalue weighted by Crippen LogP contribution is 2.29. The van der Waals surface area contributed by atoms with Gasteiger partial charge in [-0.25, -0.2) is 9.59 Å². The number of nitrogens with one attached hydrogen (secondary N) is 2. The van der Waals surface area contributed by atoms with Crippen molar-refractivity contribution in [3.05, 3.63) is 30.0 Å². The molecule has 1 aliphatic heterocycles. The minimum atomic E-state index is -1.04. The van der Waals surface area contributed by atoms with E-state index in [1.807, 2.05) is 0 Å². The summed E-state index contributed by atoms with van der Waals surface area (Å²) in [6.45, 7) is 0.269. The molecular formula is C13H11N3O4. The van der Waals surface area contributed by atoms with Crippen molar-refractivity contribution >= 4 is 34.5 Å². The lowest BCUT2D eigenvalue weighted by atomic mass is 10.1. The van der Waals surface area contributed by atoms with Crippen LogP contribution in [-0.4, -0.2) is 34.5 Å². The normalized spacial score (nSPS) is 15.5. The first-order valence-corrected chi connectivity index (χ1v) is 6.02. The molecule has 7 nitrogen and oxygen atoms in total. The van der Waals surface area contributed by atoms with Crippen LogP contribution in [0.25, 0.3) is 10.9 Å². The van der Waals surface area contributed by atoms with E-state index in [0.29, 0.717) is 16.6 Å². The van der Waals surface area contributed by atoms with Crippen LogP contribution in [0.4, 0.5) is 10.5 Å². The highest BCUT2D eigenvalue weighted by Gasteiger charge is 2.26. The third-order valence-corrected chi connectivity index (χ3v) is 3.27. The number of aromatic amines is 1. The van der Waals surface area contributed by atoms with Crippen molar-refractivity contribution in [2.24, 2.45) is 0 Å². The van der Waals surface area contributed by atoms with Crippen LogP contribution >= 0.6 is 0 Å². The number of imide groups is 1. The van der Waals surface area contributed by atoms with Gasteiger partial charge in [-0.1, -0.05) is 12.1 Å². The molecule has 1 aromatic heterocycles. The molecule has 1 saturated heterocycles. The average Bonchev–Trinajstić information content (AvgIpc) is 2.82. The van der Waals surface area contributed by atoms with Crippen LogP contribution in [0.1, 0.15) is 16.8 Å². The number of carbonyl (C=O) groups excluding carboxylic acids is 2. The Hall–Kier alpha value is -2.83. The van der Waals surface area contributed by atoms with Gasteiger partial charge < -0.3 is 10.1 Å². The van der Waals surface area contributed by atoms with E-state index in [2.05, 4.69) is 10.3 Å². The second kappa shape index (κ2) is 4.37. The maximum absolute atomic E-state index is 11.9. The van der Waals surface area contributed by atoms with Crippen molar-refractivity contribution in [3.63, 3.8) is 0 Å². The quantitative estimate of drug-likeness (QED) is 0.767. The number of carboxylic acids is 1. The maximum Gasteiger partial charge on any atom is 0.337 e. The van der Waals surface area contributed by atoms with Crippen molar-refractivity contribution in [3.8, 4) is 0 Å². The van der Waals surface area contributed by atoms with Gasteiger partial charge in [-0.15, -0.1) is 0 Å². The van der Waals surface area contributed by atoms with E-state index in [4.69, 9.17) is 5.11 Å². The fourth-order valence-electron chi connectivity index (χ4n) is 2.33. The maximum atomic E-state index is 11.9. The number of carboxylic acid groups (broad SMARTS) is 1. The van der Waals surface area contributed by atoms with Gasteiger partial charge in [0.25, 0.3) is 0 Å².